The highest BCUT2D eigenvalue weighted by molar-refractivity contribution is 5.88. The molecule has 0 saturated heterocycles. The molecule has 146 valence electrons. The molecule has 0 aliphatic rings. The number of ether oxygens (including phenoxy) is 2. The van der Waals surface area contributed by atoms with Gasteiger partial charge in [-0.15, -0.1) is 0 Å². The summed E-state index contributed by atoms with van der Waals surface area (Å²) in [7, 11) is 2.32. The molecule has 0 unspecified atom stereocenters. The van der Waals surface area contributed by atoms with Crippen LogP contribution in [-0.4, -0.2) is 31.5 Å². The molecule has 0 aliphatic carbocycles. The van der Waals surface area contributed by atoms with Crippen molar-refractivity contribution in [1.29, 1.82) is 0 Å². The number of carbonyl (C=O) groups is 1. The Bertz CT molecular complexity index is 811. The number of hydrogen-bond donors (Lipinski definition) is 2. The van der Waals surface area contributed by atoms with Crippen molar-refractivity contribution in [1.82, 2.24) is 0 Å². The van der Waals surface area contributed by atoms with Crippen LogP contribution in [0.3, 0.4) is 0 Å². The summed E-state index contributed by atoms with van der Waals surface area (Å²) in [6, 6.07) is 7.89. The van der Waals surface area contributed by atoms with E-state index in [4.69, 9.17) is 4.74 Å². The van der Waals surface area contributed by atoms with Gasteiger partial charge in [0.25, 0.3) is 5.54 Å². The van der Waals surface area contributed by atoms with Gasteiger partial charge >= 0.3 is 12.1 Å². The number of alkyl halides is 3. The second-order valence-corrected chi connectivity index (χ2v) is 6.05. The van der Waals surface area contributed by atoms with Crippen LogP contribution in [0.25, 0.3) is 0 Å². The number of benzene rings is 2. The highest BCUT2D eigenvalue weighted by Gasteiger charge is 2.63. The first-order valence-electron chi connectivity index (χ1n) is 7.95. The SMILES string of the molecule is COC(=O)[C@](Nc1ccc(OC)cc1)(c1cc(C)c(O)c(C)c1)C(F)(F)F. The van der Waals surface area contributed by atoms with Crippen molar-refractivity contribution in [3.05, 3.63) is 53.1 Å². The molecular formula is C19H20F3NO4. The van der Waals surface area contributed by atoms with Crippen LogP contribution >= 0.6 is 0 Å². The number of phenolic OH excluding ortho intramolecular Hbond substituents is 1. The van der Waals surface area contributed by atoms with E-state index in [1.54, 1.807) is 0 Å². The van der Waals surface area contributed by atoms with Crippen LogP contribution in [0, 0.1) is 13.8 Å². The Labute approximate surface area is 154 Å². The molecule has 2 aromatic rings. The molecule has 2 rings (SSSR count). The number of phenols is 1. The molecule has 0 aromatic heterocycles. The van der Waals surface area contributed by atoms with Gasteiger partial charge in [-0.1, -0.05) is 0 Å². The van der Waals surface area contributed by atoms with E-state index in [2.05, 4.69) is 10.1 Å². The molecule has 2 aromatic carbocycles. The van der Waals surface area contributed by atoms with Gasteiger partial charge < -0.3 is 19.9 Å². The number of hydrogen-bond acceptors (Lipinski definition) is 5. The molecule has 0 spiro atoms. The standard InChI is InChI=1S/C19H20F3NO4/c1-11-9-13(10-12(2)16(11)24)18(17(25)27-4,19(20,21)22)23-14-5-7-15(26-3)8-6-14/h5-10,23-24H,1-4H3/t18-/m1/s1. The van der Waals surface area contributed by atoms with E-state index in [9.17, 15) is 23.1 Å². The predicted octanol–water partition coefficient (Wildman–Crippen LogP) is 4.06. The fourth-order valence-corrected chi connectivity index (χ4v) is 2.81. The molecule has 0 radical (unpaired) electrons. The van der Waals surface area contributed by atoms with Gasteiger partial charge in [-0.3, -0.25) is 0 Å². The number of rotatable bonds is 5. The first-order valence-corrected chi connectivity index (χ1v) is 7.95. The maximum atomic E-state index is 14.2. The fraction of sp³-hybridized carbons (Fsp3) is 0.316. The zero-order chi connectivity index (χ0) is 20.4. The molecule has 2 N–H and O–H groups in total. The number of carbonyl (C=O) groups excluding carboxylic acids is 1. The lowest BCUT2D eigenvalue weighted by Crippen LogP contribution is -2.55. The van der Waals surface area contributed by atoms with Gasteiger partial charge in [-0.25, -0.2) is 4.79 Å². The Hall–Kier alpha value is -2.90. The monoisotopic (exact) mass is 383 g/mol. The fourth-order valence-electron chi connectivity index (χ4n) is 2.81. The minimum Gasteiger partial charge on any atom is -0.507 e. The number of nitrogens with one attached hydrogen (secondary N) is 1. The topological polar surface area (TPSA) is 67.8 Å². The number of halogens is 3. The summed E-state index contributed by atoms with van der Waals surface area (Å²) in [5.41, 5.74) is -3.08. The molecule has 0 amide bonds. The van der Waals surface area contributed by atoms with E-state index in [0.717, 1.165) is 19.2 Å². The summed E-state index contributed by atoms with van der Waals surface area (Å²) in [5, 5.41) is 12.2. The minimum atomic E-state index is -5.03. The molecular weight excluding hydrogens is 363 g/mol. The average molecular weight is 383 g/mol. The van der Waals surface area contributed by atoms with Crippen LogP contribution < -0.4 is 10.1 Å². The lowest BCUT2D eigenvalue weighted by Gasteiger charge is -2.35. The van der Waals surface area contributed by atoms with Crippen LogP contribution in [0.2, 0.25) is 0 Å². The maximum Gasteiger partial charge on any atom is 0.426 e. The number of anilines is 1. The third kappa shape index (κ3) is 3.65. The quantitative estimate of drug-likeness (QED) is 0.762. The predicted molar refractivity (Wildman–Crippen MR) is 93.9 cm³/mol. The van der Waals surface area contributed by atoms with Crippen LogP contribution in [0.15, 0.2) is 36.4 Å². The highest BCUT2D eigenvalue weighted by Crippen LogP contribution is 2.44. The average Bonchev–Trinajstić information content (AvgIpc) is 2.62. The lowest BCUT2D eigenvalue weighted by atomic mass is 9.86. The van der Waals surface area contributed by atoms with E-state index in [-0.39, 0.29) is 28.1 Å². The summed E-state index contributed by atoms with van der Waals surface area (Å²) in [6.45, 7) is 2.91. The highest BCUT2D eigenvalue weighted by atomic mass is 19.4. The molecule has 0 aliphatic heterocycles. The van der Waals surface area contributed by atoms with Gasteiger partial charge in [0, 0.05) is 5.69 Å². The molecule has 0 saturated carbocycles. The van der Waals surface area contributed by atoms with Crippen molar-refractivity contribution in [2.24, 2.45) is 0 Å². The van der Waals surface area contributed by atoms with Crippen LogP contribution in [0.1, 0.15) is 16.7 Å². The van der Waals surface area contributed by atoms with Gasteiger partial charge in [0.05, 0.1) is 14.2 Å². The Morgan fingerprint density at radius 3 is 1.96 bits per heavy atom. The zero-order valence-corrected chi connectivity index (χ0v) is 15.3. The molecule has 0 fully saturated rings. The Morgan fingerprint density at radius 1 is 1.04 bits per heavy atom. The normalized spacial score (nSPS) is 13.6. The van der Waals surface area contributed by atoms with Crippen molar-refractivity contribution in [2.45, 2.75) is 25.6 Å². The van der Waals surface area contributed by atoms with Crippen LogP contribution in [0.5, 0.6) is 11.5 Å². The van der Waals surface area contributed by atoms with Crippen molar-refractivity contribution in [2.75, 3.05) is 19.5 Å². The van der Waals surface area contributed by atoms with Gasteiger partial charge in [0.1, 0.15) is 11.5 Å². The van der Waals surface area contributed by atoms with E-state index < -0.39 is 17.7 Å². The first kappa shape index (κ1) is 20.4. The molecule has 0 bridgehead atoms. The van der Waals surface area contributed by atoms with E-state index >= 15 is 0 Å². The summed E-state index contributed by atoms with van der Waals surface area (Å²) >= 11 is 0. The van der Waals surface area contributed by atoms with Gasteiger partial charge in [-0.2, -0.15) is 13.2 Å². The smallest absolute Gasteiger partial charge is 0.426 e. The van der Waals surface area contributed by atoms with Crippen molar-refractivity contribution in [3.8, 4) is 11.5 Å². The summed E-state index contributed by atoms with van der Waals surface area (Å²) in [6.07, 6.45) is -5.03. The number of aromatic hydroxyl groups is 1. The molecule has 5 nitrogen and oxygen atoms in total. The molecule has 8 heteroatoms. The minimum absolute atomic E-state index is 0.0434. The summed E-state index contributed by atoms with van der Waals surface area (Å²) in [4.78, 5) is 12.4. The molecule has 0 heterocycles. The zero-order valence-electron chi connectivity index (χ0n) is 15.3. The van der Waals surface area contributed by atoms with Crippen molar-refractivity contribution < 1.29 is 32.5 Å². The first-order chi connectivity index (χ1) is 12.6. The Kier molecular flexibility index (Phi) is 5.58. The Morgan fingerprint density at radius 2 is 1.56 bits per heavy atom. The number of methoxy groups -OCH3 is 2. The lowest BCUT2D eigenvalue weighted by molar-refractivity contribution is -0.201. The van der Waals surface area contributed by atoms with Gasteiger partial charge in [0.2, 0.25) is 0 Å². The van der Waals surface area contributed by atoms with Crippen molar-refractivity contribution in [3.63, 3.8) is 0 Å². The number of aryl methyl sites for hydroxylation is 2. The third-order valence-electron chi connectivity index (χ3n) is 4.26. The summed E-state index contributed by atoms with van der Waals surface area (Å²) in [5.74, 6) is -1.20. The molecule has 27 heavy (non-hydrogen) atoms. The second kappa shape index (κ2) is 7.38. The van der Waals surface area contributed by atoms with Crippen LogP contribution in [0.4, 0.5) is 18.9 Å². The van der Waals surface area contributed by atoms with Crippen molar-refractivity contribution >= 4 is 11.7 Å². The largest absolute Gasteiger partial charge is 0.507 e. The Balaban J connectivity index is 2.71. The van der Waals surface area contributed by atoms with Gasteiger partial charge in [-0.05, 0) is 66.9 Å². The van der Waals surface area contributed by atoms with E-state index in [1.807, 2.05) is 0 Å². The molecule has 1 atom stereocenters. The van der Waals surface area contributed by atoms with E-state index in [1.165, 1.54) is 45.2 Å². The number of esters is 1. The summed E-state index contributed by atoms with van der Waals surface area (Å²) < 4.78 is 52.2. The van der Waals surface area contributed by atoms with Crippen LogP contribution in [-0.2, 0) is 15.1 Å². The third-order valence-corrected chi connectivity index (χ3v) is 4.26. The van der Waals surface area contributed by atoms with E-state index in [0.29, 0.717) is 5.75 Å². The second-order valence-electron chi connectivity index (χ2n) is 6.05. The maximum absolute atomic E-state index is 14.2. The van der Waals surface area contributed by atoms with Gasteiger partial charge in [0.15, 0.2) is 0 Å².